The molecular formula is C31H45N. The first-order chi connectivity index (χ1) is 14.8. The van der Waals surface area contributed by atoms with Crippen molar-refractivity contribution in [2.24, 2.45) is 5.73 Å². The highest BCUT2D eigenvalue weighted by atomic mass is 14.7. The summed E-state index contributed by atoms with van der Waals surface area (Å²) in [7, 11) is 0. The maximum atomic E-state index is 6.57. The Bertz CT molecular complexity index is 1010. The van der Waals surface area contributed by atoms with Crippen LogP contribution in [0.5, 0.6) is 0 Å². The van der Waals surface area contributed by atoms with Crippen LogP contribution in [0.2, 0.25) is 0 Å². The molecule has 174 valence electrons. The Labute approximate surface area is 197 Å². The van der Waals surface area contributed by atoms with Gasteiger partial charge in [0.05, 0.1) is 0 Å². The summed E-state index contributed by atoms with van der Waals surface area (Å²) in [6.45, 7) is 18.7. The average molecular weight is 432 g/mol. The Hall–Kier alpha value is -1.60. The summed E-state index contributed by atoms with van der Waals surface area (Å²) in [5.41, 5.74) is 19.1. The average Bonchev–Trinajstić information content (AvgIpc) is 3.06. The van der Waals surface area contributed by atoms with Crippen molar-refractivity contribution in [2.75, 3.05) is 0 Å². The lowest BCUT2D eigenvalue weighted by atomic mass is 9.69. The van der Waals surface area contributed by atoms with E-state index in [2.05, 4.69) is 79.7 Å². The largest absolute Gasteiger partial charge is 0.328 e. The minimum atomic E-state index is 0.147. The molecule has 0 radical (unpaired) electrons. The molecule has 1 spiro atoms. The molecule has 4 rings (SSSR count). The van der Waals surface area contributed by atoms with E-state index in [4.69, 9.17) is 5.73 Å². The van der Waals surface area contributed by atoms with E-state index in [0.29, 0.717) is 6.04 Å². The summed E-state index contributed by atoms with van der Waals surface area (Å²) in [6, 6.07) is 10.5. The molecule has 32 heavy (non-hydrogen) atoms. The highest BCUT2D eigenvalue weighted by Crippen LogP contribution is 2.51. The minimum absolute atomic E-state index is 0.147. The summed E-state index contributed by atoms with van der Waals surface area (Å²) >= 11 is 0. The van der Waals surface area contributed by atoms with E-state index in [9.17, 15) is 0 Å². The Morgan fingerprint density at radius 2 is 1.38 bits per heavy atom. The molecular weight excluding hydrogens is 386 g/mol. The fraction of sp³-hybridized carbons (Fsp3) is 0.613. The number of hydrogen-bond acceptors (Lipinski definition) is 1. The first-order valence-electron chi connectivity index (χ1n) is 12.9. The van der Waals surface area contributed by atoms with Crippen molar-refractivity contribution in [1.82, 2.24) is 0 Å². The van der Waals surface area contributed by atoms with Crippen LogP contribution in [0.4, 0.5) is 0 Å². The van der Waals surface area contributed by atoms with Crippen LogP contribution in [0.1, 0.15) is 113 Å². The zero-order valence-corrected chi connectivity index (χ0v) is 21.9. The number of fused-ring (bicyclic) bond motifs is 4. The molecule has 0 aliphatic heterocycles. The molecule has 2 aliphatic carbocycles. The number of nitrogens with two attached hydrogens (primary N) is 1. The van der Waals surface area contributed by atoms with Gasteiger partial charge in [-0.25, -0.2) is 0 Å². The van der Waals surface area contributed by atoms with Gasteiger partial charge in [-0.1, -0.05) is 72.2 Å². The smallest absolute Gasteiger partial charge is 0.00476 e. The normalized spacial score (nSPS) is 24.0. The molecule has 2 N–H and O–H groups in total. The lowest BCUT2D eigenvalue weighted by Crippen LogP contribution is -2.28. The van der Waals surface area contributed by atoms with Crippen LogP contribution >= 0.6 is 0 Å². The van der Waals surface area contributed by atoms with Gasteiger partial charge in [-0.2, -0.15) is 0 Å². The summed E-state index contributed by atoms with van der Waals surface area (Å²) in [4.78, 5) is 0. The van der Waals surface area contributed by atoms with E-state index in [1.807, 2.05) is 0 Å². The summed E-state index contributed by atoms with van der Waals surface area (Å²) in [5.74, 6) is 0. The Morgan fingerprint density at radius 1 is 0.781 bits per heavy atom. The SMILES string of the molecule is Cc1cc2c(cc1C(C)(C)C)CCCCC1(CCC(N)C1)c1cc(C(C)(C)C)c(C)cc1-2. The number of benzene rings is 2. The van der Waals surface area contributed by atoms with Gasteiger partial charge in [-0.3, -0.25) is 0 Å². The summed E-state index contributed by atoms with van der Waals surface area (Å²) in [6.07, 6.45) is 8.56. The van der Waals surface area contributed by atoms with Crippen LogP contribution in [0.15, 0.2) is 24.3 Å². The molecule has 0 saturated heterocycles. The van der Waals surface area contributed by atoms with Crippen molar-refractivity contribution >= 4 is 0 Å². The van der Waals surface area contributed by atoms with Crippen LogP contribution < -0.4 is 5.73 Å². The highest BCUT2D eigenvalue weighted by molar-refractivity contribution is 5.75. The molecule has 1 saturated carbocycles. The van der Waals surface area contributed by atoms with Gasteiger partial charge >= 0.3 is 0 Å². The van der Waals surface area contributed by atoms with Crippen molar-refractivity contribution in [1.29, 1.82) is 0 Å². The lowest BCUT2D eigenvalue weighted by Gasteiger charge is -2.35. The molecule has 0 bridgehead atoms. The van der Waals surface area contributed by atoms with Crippen LogP contribution in [0, 0.1) is 13.8 Å². The van der Waals surface area contributed by atoms with E-state index < -0.39 is 0 Å². The molecule has 0 aromatic heterocycles. The molecule has 2 aromatic rings. The topological polar surface area (TPSA) is 26.0 Å². The van der Waals surface area contributed by atoms with E-state index in [0.717, 1.165) is 12.8 Å². The summed E-state index contributed by atoms with van der Waals surface area (Å²) < 4.78 is 0. The zero-order chi connectivity index (χ0) is 23.5. The number of hydrogen-bond donors (Lipinski definition) is 1. The Balaban J connectivity index is 2.04. The van der Waals surface area contributed by atoms with Crippen LogP contribution in [0.3, 0.4) is 0 Å². The third-order valence-electron chi connectivity index (χ3n) is 8.29. The van der Waals surface area contributed by atoms with Crippen molar-refractivity contribution in [2.45, 2.75) is 123 Å². The predicted octanol–water partition coefficient (Wildman–Crippen LogP) is 8.04. The molecule has 0 heterocycles. The fourth-order valence-corrected chi connectivity index (χ4v) is 6.75. The maximum absolute atomic E-state index is 6.57. The van der Waals surface area contributed by atoms with E-state index in [1.54, 1.807) is 11.1 Å². The van der Waals surface area contributed by atoms with Crippen molar-refractivity contribution < 1.29 is 0 Å². The zero-order valence-electron chi connectivity index (χ0n) is 21.9. The molecule has 2 aliphatic rings. The second-order valence-corrected chi connectivity index (χ2v) is 13.0. The van der Waals surface area contributed by atoms with Gasteiger partial charge in [-0.15, -0.1) is 0 Å². The fourth-order valence-electron chi connectivity index (χ4n) is 6.75. The van der Waals surface area contributed by atoms with Gasteiger partial charge in [0.2, 0.25) is 0 Å². The molecule has 0 amide bonds. The minimum Gasteiger partial charge on any atom is -0.328 e. The van der Waals surface area contributed by atoms with Gasteiger partial charge in [0.15, 0.2) is 0 Å². The summed E-state index contributed by atoms with van der Waals surface area (Å²) in [5, 5.41) is 0. The van der Waals surface area contributed by atoms with Crippen LogP contribution in [-0.2, 0) is 22.7 Å². The van der Waals surface area contributed by atoms with Crippen LogP contribution in [0.25, 0.3) is 11.1 Å². The Kier molecular flexibility index (Phi) is 5.90. The van der Waals surface area contributed by atoms with Gasteiger partial charge in [0, 0.05) is 6.04 Å². The van der Waals surface area contributed by atoms with E-state index >= 15 is 0 Å². The molecule has 2 unspecified atom stereocenters. The first kappa shape index (κ1) is 23.6. The maximum Gasteiger partial charge on any atom is 0.00476 e. The van der Waals surface area contributed by atoms with E-state index in [-0.39, 0.29) is 16.2 Å². The molecule has 1 nitrogen and oxygen atoms in total. The predicted molar refractivity (Wildman–Crippen MR) is 140 cm³/mol. The van der Waals surface area contributed by atoms with E-state index in [1.165, 1.54) is 65.5 Å². The molecule has 1 fully saturated rings. The first-order valence-corrected chi connectivity index (χ1v) is 12.9. The standard InChI is InChI=1S/C31H45N/c1-20-15-24-22(17-26(20)29(3,4)5)11-9-10-13-31(14-12-23(32)19-31)28-18-27(30(6,7)8)21(2)16-25(24)28/h15-18,23H,9-14,19,32H2,1-8H3. The molecule has 1 heteroatoms. The third-order valence-corrected chi connectivity index (χ3v) is 8.29. The van der Waals surface area contributed by atoms with Crippen molar-refractivity contribution in [3.63, 3.8) is 0 Å². The van der Waals surface area contributed by atoms with Gasteiger partial charge < -0.3 is 5.73 Å². The molecule has 2 aromatic carbocycles. The van der Waals surface area contributed by atoms with Crippen molar-refractivity contribution in [3.8, 4) is 11.1 Å². The van der Waals surface area contributed by atoms with Gasteiger partial charge in [0.25, 0.3) is 0 Å². The highest BCUT2D eigenvalue weighted by Gasteiger charge is 2.41. The Morgan fingerprint density at radius 3 is 1.94 bits per heavy atom. The quantitative estimate of drug-likeness (QED) is 0.449. The third kappa shape index (κ3) is 4.18. The van der Waals surface area contributed by atoms with Crippen molar-refractivity contribution in [3.05, 3.63) is 57.6 Å². The van der Waals surface area contributed by atoms with Gasteiger partial charge in [0.1, 0.15) is 0 Å². The monoisotopic (exact) mass is 431 g/mol. The number of rotatable bonds is 0. The van der Waals surface area contributed by atoms with Crippen LogP contribution in [-0.4, -0.2) is 6.04 Å². The second kappa shape index (κ2) is 8.01. The van der Waals surface area contributed by atoms with Gasteiger partial charge in [-0.05, 0) is 113 Å². The lowest BCUT2D eigenvalue weighted by molar-refractivity contribution is 0.383. The molecule has 2 atom stereocenters. The number of aryl methyl sites for hydroxylation is 3. The second-order valence-electron chi connectivity index (χ2n) is 13.0.